The van der Waals surface area contributed by atoms with Crippen LogP contribution in [0.4, 0.5) is 4.79 Å². The molecule has 0 aliphatic carbocycles. The predicted octanol–water partition coefficient (Wildman–Crippen LogP) is 5.21. The maximum absolute atomic E-state index is 12.2. The van der Waals surface area contributed by atoms with Crippen LogP contribution >= 0.6 is 0 Å². The van der Waals surface area contributed by atoms with E-state index in [-0.39, 0.29) is 19.0 Å². The molecule has 0 fully saturated rings. The molecule has 0 aromatic heterocycles. The lowest BCUT2D eigenvalue weighted by molar-refractivity contribution is -0.139. The van der Waals surface area contributed by atoms with Gasteiger partial charge in [0.2, 0.25) is 0 Å². The highest BCUT2D eigenvalue weighted by Crippen LogP contribution is 2.26. The number of para-hydroxylation sites is 1. The molecule has 0 saturated carbocycles. The standard InChI is InChI=1S/C29H33NO6/c1-29(2,3)36-28(33)30-25(18-31)23-13-8-12-22(16-23)21-11-7-9-20(15-21)19-35-26-14-6-5-10-24(26)17-27(32)34-4/h5-16,25,31H,17-19H2,1-4H3,(H,30,33)/t25-/m1/s1. The Kier molecular flexibility index (Phi) is 9.08. The Hall–Kier alpha value is -3.84. The van der Waals surface area contributed by atoms with Crippen LogP contribution in [0, 0.1) is 0 Å². The number of alkyl carbamates (subject to hydrolysis) is 1. The molecule has 3 rings (SSSR count). The lowest BCUT2D eigenvalue weighted by atomic mass is 9.98. The van der Waals surface area contributed by atoms with Crippen LogP contribution in [0.1, 0.15) is 43.5 Å². The molecule has 0 radical (unpaired) electrons. The van der Waals surface area contributed by atoms with Gasteiger partial charge in [0.1, 0.15) is 18.0 Å². The number of hydrogen-bond donors (Lipinski definition) is 2. The summed E-state index contributed by atoms with van der Waals surface area (Å²) >= 11 is 0. The molecular formula is C29H33NO6. The maximum atomic E-state index is 12.2. The zero-order chi connectivity index (χ0) is 26.1. The second-order valence-electron chi connectivity index (χ2n) is 9.36. The van der Waals surface area contributed by atoms with Gasteiger partial charge in [-0.05, 0) is 61.2 Å². The quantitative estimate of drug-likeness (QED) is 0.399. The van der Waals surface area contributed by atoms with Gasteiger partial charge in [-0.3, -0.25) is 4.79 Å². The third-order valence-electron chi connectivity index (χ3n) is 5.35. The molecular weight excluding hydrogens is 458 g/mol. The van der Waals surface area contributed by atoms with Crippen molar-refractivity contribution in [3.8, 4) is 16.9 Å². The van der Waals surface area contributed by atoms with E-state index in [4.69, 9.17) is 14.2 Å². The van der Waals surface area contributed by atoms with Crippen LogP contribution in [0.5, 0.6) is 5.75 Å². The zero-order valence-electron chi connectivity index (χ0n) is 21.1. The van der Waals surface area contributed by atoms with E-state index in [1.54, 1.807) is 20.8 Å². The topological polar surface area (TPSA) is 94.1 Å². The lowest BCUT2D eigenvalue weighted by Crippen LogP contribution is -2.36. The van der Waals surface area contributed by atoms with E-state index in [1.807, 2.05) is 72.8 Å². The first kappa shape index (κ1) is 26.8. The smallest absolute Gasteiger partial charge is 0.408 e. The molecule has 0 heterocycles. The summed E-state index contributed by atoms with van der Waals surface area (Å²) in [5.74, 6) is 0.310. The summed E-state index contributed by atoms with van der Waals surface area (Å²) in [7, 11) is 1.36. The summed E-state index contributed by atoms with van der Waals surface area (Å²) in [5.41, 5.74) is 3.75. The Labute approximate surface area is 212 Å². The monoisotopic (exact) mass is 491 g/mol. The Bertz CT molecular complexity index is 1180. The zero-order valence-corrected chi connectivity index (χ0v) is 21.1. The highest BCUT2D eigenvalue weighted by molar-refractivity contribution is 5.73. The molecule has 1 atom stereocenters. The van der Waals surface area contributed by atoms with Gasteiger partial charge >= 0.3 is 12.1 Å². The molecule has 190 valence electrons. The summed E-state index contributed by atoms with van der Waals surface area (Å²) in [4.78, 5) is 23.9. The number of carbonyl (C=O) groups is 2. The van der Waals surface area contributed by atoms with Crippen molar-refractivity contribution in [2.45, 2.75) is 45.4 Å². The molecule has 0 spiro atoms. The molecule has 36 heavy (non-hydrogen) atoms. The van der Waals surface area contributed by atoms with Gasteiger partial charge in [0.05, 0.1) is 26.2 Å². The molecule has 3 aromatic carbocycles. The van der Waals surface area contributed by atoms with E-state index in [9.17, 15) is 14.7 Å². The number of rotatable bonds is 9. The normalized spacial score (nSPS) is 11.9. The summed E-state index contributed by atoms with van der Waals surface area (Å²) in [6.45, 7) is 5.42. The number of aliphatic hydroxyl groups is 1. The summed E-state index contributed by atoms with van der Waals surface area (Å²) in [5, 5.41) is 12.6. The largest absolute Gasteiger partial charge is 0.489 e. The van der Waals surface area contributed by atoms with Crippen LogP contribution in [0.3, 0.4) is 0 Å². The van der Waals surface area contributed by atoms with E-state index >= 15 is 0 Å². The van der Waals surface area contributed by atoms with E-state index < -0.39 is 17.7 Å². The number of amides is 1. The van der Waals surface area contributed by atoms with Crippen molar-refractivity contribution in [2.75, 3.05) is 13.7 Å². The third-order valence-corrected chi connectivity index (χ3v) is 5.35. The molecule has 7 nitrogen and oxygen atoms in total. The van der Waals surface area contributed by atoms with Crippen LogP contribution in [-0.4, -0.2) is 36.5 Å². The van der Waals surface area contributed by atoms with E-state index in [0.29, 0.717) is 12.4 Å². The van der Waals surface area contributed by atoms with Crippen molar-refractivity contribution < 1.29 is 28.9 Å². The van der Waals surface area contributed by atoms with Crippen molar-refractivity contribution in [2.24, 2.45) is 0 Å². The number of nitrogens with one attached hydrogen (secondary N) is 1. The van der Waals surface area contributed by atoms with Gasteiger partial charge in [-0.15, -0.1) is 0 Å². The summed E-state index contributed by atoms with van der Waals surface area (Å²) < 4.78 is 16.1. The van der Waals surface area contributed by atoms with E-state index in [1.165, 1.54) is 7.11 Å². The van der Waals surface area contributed by atoms with Crippen LogP contribution in [0.2, 0.25) is 0 Å². The van der Waals surface area contributed by atoms with Gasteiger partial charge < -0.3 is 24.6 Å². The summed E-state index contributed by atoms with van der Waals surface area (Å²) in [6.07, 6.45) is -0.443. The third kappa shape index (κ3) is 7.85. The fraction of sp³-hybridized carbons (Fsp3) is 0.310. The van der Waals surface area contributed by atoms with Gasteiger partial charge in [-0.25, -0.2) is 4.79 Å². The molecule has 0 aliphatic rings. The first-order chi connectivity index (χ1) is 17.2. The second kappa shape index (κ2) is 12.2. The Balaban J connectivity index is 1.74. The number of aliphatic hydroxyl groups excluding tert-OH is 1. The van der Waals surface area contributed by atoms with Crippen molar-refractivity contribution in [1.29, 1.82) is 0 Å². The Morgan fingerprint density at radius 2 is 1.64 bits per heavy atom. The highest BCUT2D eigenvalue weighted by atomic mass is 16.6. The number of esters is 1. The molecule has 0 aliphatic heterocycles. The van der Waals surface area contributed by atoms with Gasteiger partial charge in [-0.2, -0.15) is 0 Å². The number of benzene rings is 3. The Morgan fingerprint density at radius 1 is 0.944 bits per heavy atom. The molecule has 2 N–H and O–H groups in total. The van der Waals surface area contributed by atoms with Crippen molar-refractivity contribution in [1.82, 2.24) is 5.32 Å². The second-order valence-corrected chi connectivity index (χ2v) is 9.36. The average Bonchev–Trinajstić information content (AvgIpc) is 2.86. The van der Waals surface area contributed by atoms with Gasteiger partial charge in [0.15, 0.2) is 0 Å². The van der Waals surface area contributed by atoms with Gasteiger partial charge in [0.25, 0.3) is 0 Å². The predicted molar refractivity (Wildman–Crippen MR) is 138 cm³/mol. The molecule has 7 heteroatoms. The van der Waals surface area contributed by atoms with Gasteiger partial charge in [0, 0.05) is 5.56 Å². The molecule has 0 bridgehead atoms. The number of ether oxygens (including phenoxy) is 3. The number of methoxy groups -OCH3 is 1. The average molecular weight is 492 g/mol. The first-order valence-electron chi connectivity index (χ1n) is 11.8. The summed E-state index contributed by atoms with van der Waals surface area (Å²) in [6, 6.07) is 22.4. The van der Waals surface area contributed by atoms with Crippen molar-refractivity contribution in [3.05, 3.63) is 89.5 Å². The van der Waals surface area contributed by atoms with Crippen LogP contribution in [0.25, 0.3) is 11.1 Å². The van der Waals surface area contributed by atoms with E-state index in [0.717, 1.165) is 27.8 Å². The van der Waals surface area contributed by atoms with Crippen molar-refractivity contribution in [3.63, 3.8) is 0 Å². The minimum Gasteiger partial charge on any atom is -0.489 e. The SMILES string of the molecule is COC(=O)Cc1ccccc1OCc1cccc(-c2cccc([C@@H](CO)NC(=O)OC(C)(C)C)c2)c1. The highest BCUT2D eigenvalue weighted by Gasteiger charge is 2.20. The van der Waals surface area contributed by atoms with Crippen molar-refractivity contribution >= 4 is 12.1 Å². The van der Waals surface area contributed by atoms with Crippen LogP contribution in [-0.2, 0) is 27.3 Å². The first-order valence-corrected chi connectivity index (χ1v) is 11.8. The number of carbonyl (C=O) groups excluding carboxylic acids is 2. The van der Waals surface area contributed by atoms with Crippen LogP contribution < -0.4 is 10.1 Å². The molecule has 3 aromatic rings. The maximum Gasteiger partial charge on any atom is 0.408 e. The fourth-order valence-electron chi connectivity index (χ4n) is 3.64. The number of hydrogen-bond acceptors (Lipinski definition) is 6. The Morgan fingerprint density at radius 3 is 2.33 bits per heavy atom. The minimum absolute atomic E-state index is 0.142. The fourth-order valence-corrected chi connectivity index (χ4v) is 3.64. The van der Waals surface area contributed by atoms with E-state index in [2.05, 4.69) is 5.32 Å². The molecule has 0 unspecified atom stereocenters. The molecule has 1 amide bonds. The minimum atomic E-state index is -0.631. The van der Waals surface area contributed by atoms with Gasteiger partial charge in [-0.1, -0.05) is 54.6 Å². The van der Waals surface area contributed by atoms with Crippen LogP contribution in [0.15, 0.2) is 72.8 Å². The lowest BCUT2D eigenvalue weighted by Gasteiger charge is -2.23. The molecule has 0 saturated heterocycles.